The van der Waals surface area contributed by atoms with Gasteiger partial charge in [-0.2, -0.15) is 0 Å². The molecule has 5 nitrogen and oxygen atoms in total. The van der Waals surface area contributed by atoms with Crippen molar-refractivity contribution in [3.8, 4) is 17.2 Å². The van der Waals surface area contributed by atoms with E-state index in [-0.39, 0.29) is 5.75 Å². The van der Waals surface area contributed by atoms with Crippen molar-refractivity contribution in [2.24, 2.45) is 0 Å². The molecule has 1 N–H and O–H groups in total. The molecule has 2 aromatic carbocycles. The summed E-state index contributed by atoms with van der Waals surface area (Å²) >= 11 is 0. The van der Waals surface area contributed by atoms with Crippen LogP contribution in [0.2, 0.25) is 0 Å². The Morgan fingerprint density at radius 2 is 1.48 bits per heavy atom. The van der Waals surface area contributed by atoms with Gasteiger partial charge in [0.05, 0.1) is 13.2 Å². The summed E-state index contributed by atoms with van der Waals surface area (Å²) in [6.45, 7) is 1.74. The number of hydrogen-bond acceptors (Lipinski definition) is 5. The molecule has 2 aromatic rings. The van der Waals surface area contributed by atoms with E-state index in [1.165, 1.54) is 0 Å². The second-order valence-electron chi connectivity index (χ2n) is 4.45. The summed E-state index contributed by atoms with van der Waals surface area (Å²) in [5.41, 5.74) is 0. The quantitative estimate of drug-likeness (QED) is 0.758. The van der Waals surface area contributed by atoms with Gasteiger partial charge in [0.2, 0.25) is 0 Å². The van der Waals surface area contributed by atoms with E-state index in [0.717, 1.165) is 10.8 Å². The molecule has 0 bridgehead atoms. The third-order valence-corrected chi connectivity index (χ3v) is 3.02. The maximum Gasteiger partial charge on any atom is 0.169 e. The Labute approximate surface area is 124 Å². The van der Waals surface area contributed by atoms with Crippen LogP contribution < -0.4 is 9.47 Å². The van der Waals surface area contributed by atoms with Crippen LogP contribution in [0.5, 0.6) is 17.2 Å². The SMILES string of the molecule is COCCOc1cc(O)c(OCCOC)c2ccccc12. The Bertz CT molecular complexity index is 582. The summed E-state index contributed by atoms with van der Waals surface area (Å²) in [7, 11) is 3.22. The van der Waals surface area contributed by atoms with Crippen LogP contribution in [0.15, 0.2) is 30.3 Å². The van der Waals surface area contributed by atoms with E-state index >= 15 is 0 Å². The van der Waals surface area contributed by atoms with Gasteiger partial charge in [0, 0.05) is 31.1 Å². The lowest BCUT2D eigenvalue weighted by Crippen LogP contribution is -2.06. The number of phenols is 1. The monoisotopic (exact) mass is 292 g/mol. The number of benzene rings is 2. The summed E-state index contributed by atoms with van der Waals surface area (Å²) in [6, 6.07) is 9.20. The molecule has 0 unspecified atom stereocenters. The lowest BCUT2D eigenvalue weighted by atomic mass is 10.1. The zero-order valence-corrected chi connectivity index (χ0v) is 12.3. The minimum Gasteiger partial charge on any atom is -0.504 e. The summed E-state index contributed by atoms with van der Waals surface area (Å²) in [5.74, 6) is 1.11. The highest BCUT2D eigenvalue weighted by Crippen LogP contribution is 2.40. The number of hydrogen-bond donors (Lipinski definition) is 1. The van der Waals surface area contributed by atoms with Gasteiger partial charge >= 0.3 is 0 Å². The van der Waals surface area contributed by atoms with Crippen LogP contribution in [0.25, 0.3) is 10.8 Å². The molecule has 0 amide bonds. The second-order valence-corrected chi connectivity index (χ2v) is 4.45. The third-order valence-electron chi connectivity index (χ3n) is 3.02. The van der Waals surface area contributed by atoms with Gasteiger partial charge in [0.1, 0.15) is 19.0 Å². The van der Waals surface area contributed by atoms with Crippen molar-refractivity contribution < 1.29 is 24.1 Å². The molecule has 0 radical (unpaired) electrons. The third kappa shape index (κ3) is 3.77. The van der Waals surface area contributed by atoms with Crippen molar-refractivity contribution in [1.29, 1.82) is 0 Å². The minimum atomic E-state index is 0.0530. The van der Waals surface area contributed by atoms with Gasteiger partial charge in [0.25, 0.3) is 0 Å². The van der Waals surface area contributed by atoms with Crippen LogP contribution in [0.1, 0.15) is 0 Å². The first-order valence-electron chi connectivity index (χ1n) is 6.76. The average molecular weight is 292 g/mol. The zero-order valence-electron chi connectivity index (χ0n) is 12.3. The van der Waals surface area contributed by atoms with Crippen LogP contribution >= 0.6 is 0 Å². The summed E-state index contributed by atoms with van der Waals surface area (Å²) in [4.78, 5) is 0. The molecule has 0 saturated heterocycles. The van der Waals surface area contributed by atoms with E-state index in [9.17, 15) is 5.11 Å². The highest BCUT2D eigenvalue weighted by atomic mass is 16.5. The molecule has 0 atom stereocenters. The molecule has 0 fully saturated rings. The molecule has 0 saturated carbocycles. The maximum absolute atomic E-state index is 10.2. The number of aromatic hydroxyl groups is 1. The highest BCUT2D eigenvalue weighted by Gasteiger charge is 2.13. The Balaban J connectivity index is 2.33. The number of ether oxygens (including phenoxy) is 4. The van der Waals surface area contributed by atoms with Gasteiger partial charge in [0.15, 0.2) is 11.5 Å². The number of phenolic OH excluding ortho intramolecular Hbond substituents is 1. The van der Waals surface area contributed by atoms with Crippen LogP contribution in [-0.2, 0) is 9.47 Å². The molecule has 0 aliphatic carbocycles. The van der Waals surface area contributed by atoms with Gasteiger partial charge in [-0.1, -0.05) is 24.3 Å². The van der Waals surface area contributed by atoms with Crippen molar-refractivity contribution in [3.05, 3.63) is 30.3 Å². The highest BCUT2D eigenvalue weighted by molar-refractivity contribution is 5.95. The smallest absolute Gasteiger partial charge is 0.169 e. The van der Waals surface area contributed by atoms with E-state index in [4.69, 9.17) is 18.9 Å². The molecular weight excluding hydrogens is 272 g/mol. The van der Waals surface area contributed by atoms with E-state index in [1.54, 1.807) is 20.3 Å². The lowest BCUT2D eigenvalue weighted by Gasteiger charge is -2.15. The van der Waals surface area contributed by atoms with Crippen molar-refractivity contribution >= 4 is 10.8 Å². The first-order chi connectivity index (χ1) is 10.3. The lowest BCUT2D eigenvalue weighted by molar-refractivity contribution is 0.144. The Morgan fingerprint density at radius 1 is 0.857 bits per heavy atom. The van der Waals surface area contributed by atoms with Gasteiger partial charge in [-0.25, -0.2) is 0 Å². The van der Waals surface area contributed by atoms with Gasteiger partial charge < -0.3 is 24.1 Å². The summed E-state index contributed by atoms with van der Waals surface area (Å²) in [6.07, 6.45) is 0. The predicted molar refractivity (Wildman–Crippen MR) is 80.4 cm³/mol. The molecule has 0 aliphatic rings. The number of fused-ring (bicyclic) bond motifs is 1. The predicted octanol–water partition coefficient (Wildman–Crippen LogP) is 2.60. The van der Waals surface area contributed by atoms with E-state index < -0.39 is 0 Å². The molecular formula is C16H20O5. The molecule has 0 aromatic heterocycles. The first-order valence-corrected chi connectivity index (χ1v) is 6.76. The van der Waals surface area contributed by atoms with Gasteiger partial charge in [-0.3, -0.25) is 0 Å². The topological polar surface area (TPSA) is 57.2 Å². The first kappa shape index (κ1) is 15.4. The van der Waals surface area contributed by atoms with Gasteiger partial charge in [-0.05, 0) is 0 Å². The summed E-state index contributed by atoms with van der Waals surface area (Å²) < 4.78 is 21.2. The van der Waals surface area contributed by atoms with E-state index in [1.807, 2.05) is 24.3 Å². The zero-order chi connectivity index (χ0) is 15.1. The van der Waals surface area contributed by atoms with Crippen LogP contribution in [0.4, 0.5) is 0 Å². The van der Waals surface area contributed by atoms with Gasteiger partial charge in [-0.15, -0.1) is 0 Å². The fourth-order valence-corrected chi connectivity index (χ4v) is 2.03. The molecule has 21 heavy (non-hydrogen) atoms. The molecule has 0 aliphatic heterocycles. The number of methoxy groups -OCH3 is 2. The normalized spacial score (nSPS) is 10.8. The van der Waals surface area contributed by atoms with Crippen molar-refractivity contribution in [2.45, 2.75) is 0 Å². The van der Waals surface area contributed by atoms with E-state index in [0.29, 0.717) is 37.9 Å². The molecule has 5 heteroatoms. The van der Waals surface area contributed by atoms with Crippen LogP contribution in [-0.4, -0.2) is 45.8 Å². The van der Waals surface area contributed by atoms with Crippen LogP contribution in [0.3, 0.4) is 0 Å². The summed E-state index contributed by atoms with van der Waals surface area (Å²) in [5, 5.41) is 11.9. The van der Waals surface area contributed by atoms with Crippen LogP contribution in [0, 0.1) is 0 Å². The second kappa shape index (κ2) is 7.71. The Morgan fingerprint density at radius 3 is 2.14 bits per heavy atom. The molecule has 114 valence electrons. The average Bonchev–Trinajstić information content (AvgIpc) is 2.50. The Hall–Kier alpha value is -1.98. The fraction of sp³-hybridized carbons (Fsp3) is 0.375. The molecule has 2 rings (SSSR count). The van der Waals surface area contributed by atoms with E-state index in [2.05, 4.69) is 0 Å². The maximum atomic E-state index is 10.2. The number of rotatable bonds is 8. The Kier molecular flexibility index (Phi) is 5.66. The van der Waals surface area contributed by atoms with Crippen molar-refractivity contribution in [1.82, 2.24) is 0 Å². The fourth-order valence-electron chi connectivity index (χ4n) is 2.03. The minimum absolute atomic E-state index is 0.0530. The largest absolute Gasteiger partial charge is 0.504 e. The molecule has 0 spiro atoms. The molecule has 0 heterocycles. The van der Waals surface area contributed by atoms with Crippen molar-refractivity contribution in [3.63, 3.8) is 0 Å². The standard InChI is InChI=1S/C16H20O5/c1-18-7-9-20-15-11-14(17)16(21-10-8-19-2)13-6-4-3-5-12(13)15/h3-6,11,17H,7-10H2,1-2H3. The van der Waals surface area contributed by atoms with Crippen molar-refractivity contribution in [2.75, 3.05) is 40.6 Å².